The average molecular weight is 555 g/mol. The number of carbonyl (C=O) groups excluding carboxylic acids is 1. The van der Waals surface area contributed by atoms with E-state index in [2.05, 4.69) is 15.0 Å². The Balaban J connectivity index is 1.62. The summed E-state index contributed by atoms with van der Waals surface area (Å²) in [6.45, 7) is 4.95. The lowest BCUT2D eigenvalue weighted by Gasteiger charge is -2.27. The molecule has 0 amide bonds. The zero-order chi connectivity index (χ0) is 25.5. The highest BCUT2D eigenvalue weighted by Crippen LogP contribution is 2.53. The first-order valence-corrected chi connectivity index (χ1v) is 13.0. The molecule has 0 saturated carbocycles. The maximum absolute atomic E-state index is 12.9. The van der Waals surface area contributed by atoms with E-state index in [0.29, 0.717) is 11.2 Å². The van der Waals surface area contributed by atoms with Crippen LogP contribution in [0.3, 0.4) is 0 Å². The summed E-state index contributed by atoms with van der Waals surface area (Å²) < 4.78 is 53.5. The largest absolute Gasteiger partial charge is 0.464 e. The van der Waals surface area contributed by atoms with Crippen molar-refractivity contribution in [2.45, 2.75) is 56.9 Å². The Labute approximate surface area is 210 Å². The van der Waals surface area contributed by atoms with Crippen molar-refractivity contribution in [3.63, 3.8) is 0 Å². The summed E-state index contributed by atoms with van der Waals surface area (Å²) in [5.41, 5.74) is 0.666. The minimum Gasteiger partial charge on any atom is -0.464 e. The van der Waals surface area contributed by atoms with E-state index in [4.69, 9.17) is 55.9 Å². The van der Waals surface area contributed by atoms with Crippen LogP contribution < -0.4 is 0 Å². The highest BCUT2D eigenvalue weighted by atomic mass is 35.5. The second-order valence-electron chi connectivity index (χ2n) is 8.08. The SMILES string of the molecule is CCOC(=O)C(OC[C@H]1O[C@@H](n2cnc3c(Cl)nc(Cl)nc32)[C@@H]2OC(C)(C)O[C@@H]21)P(=O)(OC)OC. The van der Waals surface area contributed by atoms with Crippen molar-refractivity contribution < 1.29 is 42.1 Å². The van der Waals surface area contributed by atoms with Crippen LogP contribution in [-0.4, -0.2) is 82.9 Å². The minimum absolute atomic E-state index is 0.0463. The number of ether oxygens (including phenoxy) is 5. The van der Waals surface area contributed by atoms with Crippen LogP contribution in [-0.2, 0) is 42.1 Å². The Bertz CT molecular complexity index is 1140. The number of aromatic nitrogens is 4. The van der Waals surface area contributed by atoms with Crippen LogP contribution >= 0.6 is 30.8 Å². The summed E-state index contributed by atoms with van der Waals surface area (Å²) >= 11 is 12.2. The van der Waals surface area contributed by atoms with Gasteiger partial charge in [0.05, 0.1) is 19.5 Å². The topological polar surface area (TPSA) is 142 Å². The van der Waals surface area contributed by atoms with Crippen LogP contribution in [0.15, 0.2) is 6.33 Å². The highest BCUT2D eigenvalue weighted by Gasteiger charge is 2.57. The number of nitrogens with zero attached hydrogens (tertiary/aromatic N) is 4. The van der Waals surface area contributed by atoms with Crippen LogP contribution in [0.4, 0.5) is 0 Å². The van der Waals surface area contributed by atoms with Gasteiger partial charge in [0, 0.05) is 14.2 Å². The lowest BCUT2D eigenvalue weighted by Crippen LogP contribution is -2.36. The maximum atomic E-state index is 12.9. The zero-order valence-electron chi connectivity index (χ0n) is 19.5. The molecule has 13 nitrogen and oxygen atoms in total. The van der Waals surface area contributed by atoms with Crippen molar-refractivity contribution in [1.82, 2.24) is 19.5 Å². The predicted molar refractivity (Wildman–Crippen MR) is 121 cm³/mol. The van der Waals surface area contributed by atoms with Crippen molar-refractivity contribution >= 4 is 47.9 Å². The molecule has 2 saturated heterocycles. The molecule has 0 aliphatic carbocycles. The van der Waals surface area contributed by atoms with Crippen LogP contribution in [0.25, 0.3) is 11.2 Å². The molecule has 0 spiro atoms. The summed E-state index contributed by atoms with van der Waals surface area (Å²) in [5, 5.41) is 0.0269. The highest BCUT2D eigenvalue weighted by molar-refractivity contribution is 7.55. The molecule has 35 heavy (non-hydrogen) atoms. The minimum atomic E-state index is -3.98. The molecule has 2 aliphatic rings. The van der Waals surface area contributed by atoms with E-state index in [1.807, 2.05) is 0 Å². The molecule has 2 fully saturated rings. The van der Waals surface area contributed by atoms with E-state index in [1.165, 1.54) is 6.33 Å². The zero-order valence-corrected chi connectivity index (χ0v) is 22.0. The standard InChI is InChI=1S/C19H25Cl2N4O9P/c1-6-30-16(26)17(35(27,28-4)29-5)31-7-9-11-12(34-19(2,3)33-11)15(32-9)25-8-22-10-13(20)23-18(21)24-14(10)25/h8-9,11-12,15,17H,6-7H2,1-5H3/t9-,11-,12-,15-,17?/m1/s1. The van der Waals surface area contributed by atoms with Gasteiger partial charge in [-0.1, -0.05) is 11.6 Å². The van der Waals surface area contributed by atoms with Crippen molar-refractivity contribution in [2.24, 2.45) is 0 Å². The third-order valence-electron chi connectivity index (χ3n) is 5.45. The molecule has 4 rings (SSSR count). The Morgan fingerprint density at radius 3 is 2.57 bits per heavy atom. The molecular formula is C19H25Cl2N4O9P. The number of fused-ring (bicyclic) bond motifs is 2. The van der Waals surface area contributed by atoms with E-state index in [-0.39, 0.29) is 23.7 Å². The molecular weight excluding hydrogens is 530 g/mol. The lowest BCUT2D eigenvalue weighted by atomic mass is 10.1. The van der Waals surface area contributed by atoms with E-state index >= 15 is 0 Å². The first-order valence-electron chi connectivity index (χ1n) is 10.6. The van der Waals surface area contributed by atoms with Gasteiger partial charge in [-0.15, -0.1) is 0 Å². The Morgan fingerprint density at radius 2 is 1.91 bits per heavy atom. The molecule has 0 aromatic carbocycles. The van der Waals surface area contributed by atoms with Crippen LogP contribution in [0.1, 0.15) is 27.0 Å². The van der Waals surface area contributed by atoms with Gasteiger partial charge in [0.25, 0.3) is 5.85 Å². The first-order chi connectivity index (χ1) is 16.5. The van der Waals surface area contributed by atoms with Crippen molar-refractivity contribution in [1.29, 1.82) is 0 Å². The molecule has 16 heteroatoms. The third kappa shape index (κ3) is 5.07. The normalized spacial score (nSPS) is 26.7. The number of esters is 1. The van der Waals surface area contributed by atoms with Crippen molar-refractivity contribution in [3.05, 3.63) is 16.8 Å². The number of imidazole rings is 1. The van der Waals surface area contributed by atoms with Crippen molar-refractivity contribution in [2.75, 3.05) is 27.4 Å². The summed E-state index contributed by atoms with van der Waals surface area (Å²) in [4.78, 5) is 24.9. The number of halogens is 2. The van der Waals surface area contributed by atoms with Crippen LogP contribution in [0.2, 0.25) is 10.4 Å². The Morgan fingerprint density at radius 1 is 1.23 bits per heavy atom. The van der Waals surface area contributed by atoms with Gasteiger partial charge < -0.3 is 32.7 Å². The van der Waals surface area contributed by atoms with Crippen LogP contribution in [0, 0.1) is 0 Å². The Kier molecular flexibility index (Phi) is 7.73. The fourth-order valence-corrected chi connectivity index (χ4v) is 5.57. The van der Waals surface area contributed by atoms with Gasteiger partial charge in [0.1, 0.15) is 23.8 Å². The maximum Gasteiger partial charge on any atom is 0.370 e. The van der Waals surface area contributed by atoms with E-state index in [0.717, 1.165) is 14.2 Å². The fraction of sp³-hybridized carbons (Fsp3) is 0.684. The number of carbonyl (C=O) groups is 1. The Hall–Kier alpha value is -1.41. The molecule has 5 atom stereocenters. The second kappa shape index (κ2) is 10.2. The van der Waals surface area contributed by atoms with Gasteiger partial charge in [0.2, 0.25) is 5.28 Å². The summed E-state index contributed by atoms with van der Waals surface area (Å²) in [5.74, 6) is -3.46. The first kappa shape index (κ1) is 26.6. The fourth-order valence-electron chi connectivity index (χ4n) is 4.01. The van der Waals surface area contributed by atoms with Crippen LogP contribution in [0.5, 0.6) is 0 Å². The average Bonchev–Trinajstić information content (AvgIpc) is 3.45. The number of rotatable bonds is 9. The van der Waals surface area contributed by atoms with Gasteiger partial charge in [-0.2, -0.15) is 4.98 Å². The van der Waals surface area contributed by atoms with E-state index < -0.39 is 49.7 Å². The number of hydrogen-bond donors (Lipinski definition) is 0. The smallest absolute Gasteiger partial charge is 0.370 e. The molecule has 1 unspecified atom stereocenters. The molecule has 2 aromatic rings. The predicted octanol–water partition coefficient (Wildman–Crippen LogP) is 2.94. The summed E-state index contributed by atoms with van der Waals surface area (Å²) in [6.07, 6.45) is -1.27. The van der Waals surface area contributed by atoms with E-state index in [1.54, 1.807) is 25.3 Å². The molecule has 2 aliphatic heterocycles. The molecule has 4 heterocycles. The van der Waals surface area contributed by atoms with Gasteiger partial charge in [0.15, 0.2) is 22.8 Å². The molecule has 2 aromatic heterocycles. The quantitative estimate of drug-likeness (QED) is 0.194. The van der Waals surface area contributed by atoms with Crippen molar-refractivity contribution in [3.8, 4) is 0 Å². The molecule has 194 valence electrons. The summed E-state index contributed by atoms with van der Waals surface area (Å²) in [6, 6.07) is 0. The van der Waals surface area contributed by atoms with Gasteiger partial charge in [-0.25, -0.2) is 14.8 Å². The van der Waals surface area contributed by atoms with Gasteiger partial charge in [-0.3, -0.25) is 9.13 Å². The lowest BCUT2D eigenvalue weighted by molar-refractivity contribution is -0.203. The molecule has 0 radical (unpaired) electrons. The summed E-state index contributed by atoms with van der Waals surface area (Å²) in [7, 11) is -1.68. The van der Waals surface area contributed by atoms with Gasteiger partial charge in [-0.05, 0) is 32.4 Å². The van der Waals surface area contributed by atoms with E-state index in [9.17, 15) is 9.36 Å². The number of hydrogen-bond acceptors (Lipinski definition) is 12. The monoisotopic (exact) mass is 554 g/mol. The second-order valence-corrected chi connectivity index (χ2v) is 11.1. The third-order valence-corrected chi connectivity index (χ3v) is 7.84. The molecule has 0 N–H and O–H groups in total. The van der Waals surface area contributed by atoms with Gasteiger partial charge >= 0.3 is 13.6 Å². The molecule has 0 bridgehead atoms.